The molecule has 1 amide bonds. The summed E-state index contributed by atoms with van der Waals surface area (Å²) in [5.41, 5.74) is 1.73. The zero-order valence-electron chi connectivity index (χ0n) is 13.8. The van der Waals surface area contributed by atoms with Gasteiger partial charge in [-0.05, 0) is 49.2 Å². The van der Waals surface area contributed by atoms with Crippen LogP contribution in [-0.4, -0.2) is 25.7 Å². The molecule has 0 heterocycles. The minimum Gasteiger partial charge on any atom is -0.497 e. The fourth-order valence-electron chi connectivity index (χ4n) is 2.20. The first kappa shape index (κ1) is 16.9. The van der Waals surface area contributed by atoms with E-state index in [1.807, 2.05) is 44.2 Å². The highest BCUT2D eigenvalue weighted by molar-refractivity contribution is 5.94. The fraction of sp³-hybridized carbons (Fsp3) is 0.316. The van der Waals surface area contributed by atoms with Gasteiger partial charge in [0.25, 0.3) is 5.91 Å². The van der Waals surface area contributed by atoms with Gasteiger partial charge in [0.2, 0.25) is 0 Å². The topological polar surface area (TPSA) is 47.6 Å². The molecule has 2 rings (SSSR count). The molecule has 2 aromatic rings. The predicted octanol–water partition coefficient (Wildman–Crippen LogP) is 3.59. The molecule has 0 bridgehead atoms. The van der Waals surface area contributed by atoms with Crippen LogP contribution in [0.4, 0.5) is 0 Å². The van der Waals surface area contributed by atoms with Gasteiger partial charge >= 0.3 is 0 Å². The molecule has 0 spiro atoms. The lowest BCUT2D eigenvalue weighted by Crippen LogP contribution is -2.38. The second kappa shape index (κ2) is 8.22. The largest absolute Gasteiger partial charge is 0.497 e. The van der Waals surface area contributed by atoms with Gasteiger partial charge in [-0.25, -0.2) is 0 Å². The lowest BCUT2D eigenvalue weighted by atomic mass is 10.1. The average Bonchev–Trinajstić information content (AvgIpc) is 2.58. The van der Waals surface area contributed by atoms with Crippen LogP contribution < -0.4 is 14.8 Å². The van der Waals surface area contributed by atoms with Crippen molar-refractivity contribution in [3.05, 3.63) is 59.7 Å². The molecule has 0 radical (unpaired) electrons. The highest BCUT2D eigenvalue weighted by atomic mass is 16.5. The van der Waals surface area contributed by atoms with Crippen LogP contribution in [0, 0.1) is 6.92 Å². The summed E-state index contributed by atoms with van der Waals surface area (Å²) in [5, 5.41) is 3.00. The van der Waals surface area contributed by atoms with Crippen molar-refractivity contribution in [1.82, 2.24) is 5.32 Å². The number of hydrogen-bond acceptors (Lipinski definition) is 3. The number of carbonyl (C=O) groups is 1. The van der Waals surface area contributed by atoms with Crippen LogP contribution in [-0.2, 0) is 0 Å². The monoisotopic (exact) mass is 313 g/mol. The second-order valence-electron chi connectivity index (χ2n) is 5.44. The zero-order valence-corrected chi connectivity index (χ0v) is 13.8. The van der Waals surface area contributed by atoms with E-state index in [2.05, 4.69) is 5.32 Å². The molecule has 0 saturated heterocycles. The first-order valence-corrected chi connectivity index (χ1v) is 7.76. The Morgan fingerprint density at radius 2 is 1.87 bits per heavy atom. The number of rotatable bonds is 7. The Balaban J connectivity index is 1.94. The Bertz CT molecular complexity index is 655. The van der Waals surface area contributed by atoms with Crippen LogP contribution in [0.15, 0.2) is 48.5 Å². The molecule has 0 aliphatic carbocycles. The van der Waals surface area contributed by atoms with E-state index in [9.17, 15) is 4.79 Å². The van der Waals surface area contributed by atoms with Crippen molar-refractivity contribution < 1.29 is 14.3 Å². The molecule has 0 fully saturated rings. The van der Waals surface area contributed by atoms with E-state index in [-0.39, 0.29) is 11.9 Å². The molecule has 23 heavy (non-hydrogen) atoms. The minimum atomic E-state index is -0.122. The molecular weight excluding hydrogens is 290 g/mol. The smallest absolute Gasteiger partial charge is 0.251 e. The number of nitrogens with one attached hydrogen (secondary N) is 1. The Morgan fingerprint density at radius 1 is 1.13 bits per heavy atom. The van der Waals surface area contributed by atoms with Crippen molar-refractivity contribution in [2.75, 3.05) is 13.7 Å². The van der Waals surface area contributed by atoms with E-state index in [4.69, 9.17) is 9.47 Å². The third-order valence-corrected chi connectivity index (χ3v) is 3.60. The maximum Gasteiger partial charge on any atom is 0.251 e. The van der Waals surface area contributed by atoms with Crippen LogP contribution in [0.2, 0.25) is 0 Å². The van der Waals surface area contributed by atoms with Gasteiger partial charge in [-0.3, -0.25) is 4.79 Å². The Morgan fingerprint density at radius 3 is 2.57 bits per heavy atom. The van der Waals surface area contributed by atoms with Crippen molar-refractivity contribution in [1.29, 1.82) is 0 Å². The lowest BCUT2D eigenvalue weighted by molar-refractivity contribution is 0.0919. The van der Waals surface area contributed by atoms with Crippen LogP contribution in [0.5, 0.6) is 11.5 Å². The third-order valence-electron chi connectivity index (χ3n) is 3.60. The van der Waals surface area contributed by atoms with Gasteiger partial charge in [-0.2, -0.15) is 0 Å². The van der Waals surface area contributed by atoms with Crippen molar-refractivity contribution in [3.63, 3.8) is 0 Å². The summed E-state index contributed by atoms with van der Waals surface area (Å²) in [6.07, 6.45) is 0.793. The summed E-state index contributed by atoms with van der Waals surface area (Å²) >= 11 is 0. The normalized spacial score (nSPS) is 11.6. The number of carbonyl (C=O) groups excluding carboxylic acids is 1. The molecule has 0 aliphatic rings. The minimum absolute atomic E-state index is 0.0470. The third kappa shape index (κ3) is 5.02. The average molecular weight is 313 g/mol. The molecule has 0 aliphatic heterocycles. The van der Waals surface area contributed by atoms with E-state index in [0.29, 0.717) is 17.9 Å². The SMILES string of the molecule is CC[C@@H](COc1cccc(C)c1)NC(=O)c1cccc(OC)c1. The molecule has 1 N–H and O–H groups in total. The molecule has 1 atom stereocenters. The molecular formula is C19H23NO3. The van der Waals surface area contributed by atoms with Gasteiger partial charge in [0.05, 0.1) is 13.2 Å². The first-order valence-electron chi connectivity index (χ1n) is 7.76. The van der Waals surface area contributed by atoms with Crippen molar-refractivity contribution in [3.8, 4) is 11.5 Å². The van der Waals surface area contributed by atoms with Gasteiger partial charge in [-0.1, -0.05) is 25.1 Å². The second-order valence-corrected chi connectivity index (χ2v) is 5.44. The van der Waals surface area contributed by atoms with E-state index >= 15 is 0 Å². The molecule has 4 heteroatoms. The molecule has 2 aromatic carbocycles. The van der Waals surface area contributed by atoms with Gasteiger partial charge in [-0.15, -0.1) is 0 Å². The molecule has 0 unspecified atom stereocenters. The predicted molar refractivity (Wildman–Crippen MR) is 91.2 cm³/mol. The van der Waals surface area contributed by atoms with Crippen LogP contribution >= 0.6 is 0 Å². The molecule has 122 valence electrons. The quantitative estimate of drug-likeness (QED) is 0.850. The standard InChI is InChI=1S/C19H23NO3/c1-4-16(13-23-18-10-5-7-14(2)11-18)20-19(21)15-8-6-9-17(12-15)22-3/h5-12,16H,4,13H2,1-3H3,(H,20,21)/t16-/m0/s1. The molecule has 0 saturated carbocycles. The number of ether oxygens (including phenoxy) is 2. The van der Waals surface area contributed by atoms with E-state index in [1.54, 1.807) is 25.3 Å². The molecule has 0 aromatic heterocycles. The highest BCUT2D eigenvalue weighted by Gasteiger charge is 2.13. The summed E-state index contributed by atoms with van der Waals surface area (Å²) in [4.78, 5) is 12.3. The Kier molecular flexibility index (Phi) is 6.03. The van der Waals surface area contributed by atoms with Gasteiger partial charge < -0.3 is 14.8 Å². The number of hydrogen-bond donors (Lipinski definition) is 1. The van der Waals surface area contributed by atoms with Gasteiger partial charge in [0.1, 0.15) is 18.1 Å². The lowest BCUT2D eigenvalue weighted by Gasteiger charge is -2.18. The number of benzene rings is 2. The van der Waals surface area contributed by atoms with Crippen LogP contribution in [0.3, 0.4) is 0 Å². The van der Waals surface area contributed by atoms with Gasteiger partial charge in [0, 0.05) is 5.56 Å². The van der Waals surface area contributed by atoms with E-state index in [0.717, 1.165) is 17.7 Å². The van der Waals surface area contributed by atoms with Crippen molar-refractivity contribution >= 4 is 5.91 Å². The van der Waals surface area contributed by atoms with Gasteiger partial charge in [0.15, 0.2) is 0 Å². The van der Waals surface area contributed by atoms with E-state index < -0.39 is 0 Å². The van der Waals surface area contributed by atoms with Crippen molar-refractivity contribution in [2.45, 2.75) is 26.3 Å². The summed E-state index contributed by atoms with van der Waals surface area (Å²) in [5.74, 6) is 1.37. The summed E-state index contributed by atoms with van der Waals surface area (Å²) < 4.78 is 10.9. The number of methoxy groups -OCH3 is 1. The first-order chi connectivity index (χ1) is 11.1. The zero-order chi connectivity index (χ0) is 16.7. The van der Waals surface area contributed by atoms with Crippen LogP contribution in [0.1, 0.15) is 29.3 Å². The summed E-state index contributed by atoms with van der Waals surface area (Å²) in [6.45, 7) is 4.49. The van der Waals surface area contributed by atoms with Crippen LogP contribution in [0.25, 0.3) is 0 Å². The summed E-state index contributed by atoms with van der Waals surface area (Å²) in [7, 11) is 1.58. The maximum absolute atomic E-state index is 12.3. The fourth-order valence-corrected chi connectivity index (χ4v) is 2.20. The van der Waals surface area contributed by atoms with Crippen molar-refractivity contribution in [2.24, 2.45) is 0 Å². The Labute approximate surface area is 137 Å². The van der Waals surface area contributed by atoms with E-state index in [1.165, 1.54) is 0 Å². The highest BCUT2D eigenvalue weighted by Crippen LogP contribution is 2.14. The summed E-state index contributed by atoms with van der Waals surface area (Å²) in [6, 6.07) is 15.0. The molecule has 4 nitrogen and oxygen atoms in total. The number of amides is 1. The maximum atomic E-state index is 12.3. The Hall–Kier alpha value is -2.49. The number of aryl methyl sites for hydroxylation is 1.